The third-order valence-corrected chi connectivity index (χ3v) is 5.65. The Kier molecular flexibility index (Phi) is 6.83. The number of nitrogens with one attached hydrogen (secondary N) is 1. The molecule has 0 radical (unpaired) electrons. The first-order valence-electron chi connectivity index (χ1n) is 10.7. The molecule has 0 spiro atoms. The van der Waals surface area contributed by atoms with E-state index in [1.807, 2.05) is 32.9 Å². The molecule has 2 aromatic carbocycles. The highest BCUT2D eigenvalue weighted by Crippen LogP contribution is 2.25. The van der Waals surface area contributed by atoms with Crippen molar-refractivity contribution in [3.63, 3.8) is 0 Å². The van der Waals surface area contributed by atoms with Crippen LogP contribution in [-0.2, 0) is 4.79 Å². The van der Waals surface area contributed by atoms with Gasteiger partial charge in [0.05, 0.1) is 6.04 Å². The number of carbonyl (C=O) groups is 1. The van der Waals surface area contributed by atoms with Crippen molar-refractivity contribution in [3.8, 4) is 5.75 Å². The van der Waals surface area contributed by atoms with E-state index in [2.05, 4.69) is 47.5 Å². The van der Waals surface area contributed by atoms with E-state index in [0.717, 1.165) is 41.4 Å². The molecule has 0 aromatic heterocycles. The number of rotatable bonds is 6. The van der Waals surface area contributed by atoms with Gasteiger partial charge in [0.15, 0.2) is 6.10 Å². The maximum Gasteiger partial charge on any atom is 0.261 e. The first-order valence-corrected chi connectivity index (χ1v) is 10.7. The first kappa shape index (κ1) is 21.2. The second kappa shape index (κ2) is 9.34. The Labute approximate surface area is 175 Å². The molecule has 1 heterocycles. The predicted octanol–water partition coefficient (Wildman–Crippen LogP) is 5.18. The van der Waals surface area contributed by atoms with Gasteiger partial charge in [0.25, 0.3) is 5.91 Å². The smallest absolute Gasteiger partial charge is 0.261 e. The SMILES string of the molecule is Cc1cc(C)cc(O[C@H](C)C(=O)N[C@H](C)c2ccc(N3CCC[C@@H](C)C3)cc2)c1. The number of benzene rings is 2. The third-order valence-electron chi connectivity index (χ3n) is 5.65. The topological polar surface area (TPSA) is 41.6 Å². The molecule has 2 aromatic rings. The van der Waals surface area contributed by atoms with Crippen molar-refractivity contribution >= 4 is 11.6 Å². The van der Waals surface area contributed by atoms with Gasteiger partial charge < -0.3 is 15.0 Å². The average molecular weight is 395 g/mol. The molecule has 0 saturated carbocycles. The summed E-state index contributed by atoms with van der Waals surface area (Å²) in [5, 5.41) is 3.07. The van der Waals surface area contributed by atoms with Gasteiger partial charge >= 0.3 is 0 Å². The monoisotopic (exact) mass is 394 g/mol. The molecule has 0 aliphatic carbocycles. The zero-order chi connectivity index (χ0) is 21.0. The van der Waals surface area contributed by atoms with E-state index in [4.69, 9.17) is 4.74 Å². The molecule has 4 nitrogen and oxygen atoms in total. The van der Waals surface area contributed by atoms with Gasteiger partial charge in [-0.05, 0) is 87.4 Å². The van der Waals surface area contributed by atoms with E-state index < -0.39 is 6.10 Å². The summed E-state index contributed by atoms with van der Waals surface area (Å²) in [6, 6.07) is 14.5. The fraction of sp³-hybridized carbons (Fsp3) is 0.480. The summed E-state index contributed by atoms with van der Waals surface area (Å²) in [5.41, 5.74) is 4.63. The maximum atomic E-state index is 12.6. The van der Waals surface area contributed by atoms with E-state index in [9.17, 15) is 4.79 Å². The van der Waals surface area contributed by atoms with E-state index in [1.165, 1.54) is 18.5 Å². The molecule has 3 atom stereocenters. The van der Waals surface area contributed by atoms with Crippen LogP contribution in [0, 0.1) is 19.8 Å². The average Bonchev–Trinajstić information content (AvgIpc) is 2.67. The second-order valence-electron chi connectivity index (χ2n) is 8.60. The number of hydrogen-bond acceptors (Lipinski definition) is 3. The molecule has 3 rings (SSSR count). The van der Waals surface area contributed by atoms with Crippen molar-refractivity contribution in [2.45, 2.75) is 59.6 Å². The molecule has 1 fully saturated rings. The van der Waals surface area contributed by atoms with Gasteiger partial charge in [0.1, 0.15) is 5.75 Å². The highest BCUT2D eigenvalue weighted by Gasteiger charge is 2.19. The fourth-order valence-corrected chi connectivity index (χ4v) is 4.07. The first-order chi connectivity index (χ1) is 13.8. The number of ether oxygens (including phenoxy) is 1. The van der Waals surface area contributed by atoms with Gasteiger partial charge in [-0.3, -0.25) is 4.79 Å². The molecule has 1 N–H and O–H groups in total. The number of hydrogen-bond donors (Lipinski definition) is 1. The molecule has 156 valence electrons. The summed E-state index contributed by atoms with van der Waals surface area (Å²) < 4.78 is 5.86. The van der Waals surface area contributed by atoms with Crippen molar-refractivity contribution in [1.82, 2.24) is 5.32 Å². The van der Waals surface area contributed by atoms with Gasteiger partial charge in [-0.2, -0.15) is 0 Å². The number of piperidine rings is 1. The summed E-state index contributed by atoms with van der Waals surface area (Å²) in [6.45, 7) is 12.4. The van der Waals surface area contributed by atoms with Crippen LogP contribution >= 0.6 is 0 Å². The zero-order valence-electron chi connectivity index (χ0n) is 18.4. The van der Waals surface area contributed by atoms with Crippen LogP contribution in [0.3, 0.4) is 0 Å². The molecule has 0 bridgehead atoms. The number of carbonyl (C=O) groups excluding carboxylic acids is 1. The lowest BCUT2D eigenvalue weighted by Gasteiger charge is -2.33. The van der Waals surface area contributed by atoms with Crippen LogP contribution < -0.4 is 15.0 Å². The second-order valence-corrected chi connectivity index (χ2v) is 8.60. The summed E-state index contributed by atoms with van der Waals surface area (Å²) in [7, 11) is 0. The lowest BCUT2D eigenvalue weighted by Crippen LogP contribution is -2.37. The fourth-order valence-electron chi connectivity index (χ4n) is 4.07. The number of aryl methyl sites for hydroxylation is 2. The third kappa shape index (κ3) is 5.75. The van der Waals surface area contributed by atoms with Gasteiger partial charge in [0.2, 0.25) is 0 Å². The van der Waals surface area contributed by atoms with E-state index >= 15 is 0 Å². The summed E-state index contributed by atoms with van der Waals surface area (Å²) in [5.74, 6) is 1.38. The molecular weight excluding hydrogens is 360 g/mol. The van der Waals surface area contributed by atoms with Crippen molar-refractivity contribution in [3.05, 3.63) is 59.2 Å². The van der Waals surface area contributed by atoms with E-state index in [1.54, 1.807) is 6.92 Å². The summed E-state index contributed by atoms with van der Waals surface area (Å²) >= 11 is 0. The highest BCUT2D eigenvalue weighted by atomic mass is 16.5. The van der Waals surface area contributed by atoms with E-state index in [-0.39, 0.29) is 11.9 Å². The zero-order valence-corrected chi connectivity index (χ0v) is 18.4. The molecular formula is C25H34N2O2. The van der Waals surface area contributed by atoms with Crippen molar-refractivity contribution < 1.29 is 9.53 Å². The van der Waals surface area contributed by atoms with Crippen LogP contribution in [0.5, 0.6) is 5.75 Å². The molecule has 1 aliphatic heterocycles. The highest BCUT2D eigenvalue weighted by molar-refractivity contribution is 5.81. The van der Waals surface area contributed by atoms with Crippen molar-refractivity contribution in [2.75, 3.05) is 18.0 Å². The molecule has 0 unspecified atom stereocenters. The number of anilines is 1. The van der Waals surface area contributed by atoms with Crippen LogP contribution in [0.4, 0.5) is 5.69 Å². The number of amides is 1. The standard InChI is InChI=1S/C25H34N2O2/c1-17-7-6-12-27(16-17)23-10-8-22(9-11-23)20(4)26-25(28)21(5)29-24-14-18(2)13-19(3)15-24/h8-11,13-15,17,20-21H,6-7,12,16H2,1-5H3,(H,26,28)/t17-,20-,21-/m1/s1. The van der Waals surface area contributed by atoms with Gasteiger partial charge in [0, 0.05) is 18.8 Å². The van der Waals surface area contributed by atoms with E-state index in [0.29, 0.717) is 0 Å². The molecule has 1 saturated heterocycles. The van der Waals surface area contributed by atoms with Crippen LogP contribution in [0.25, 0.3) is 0 Å². The Bertz CT molecular complexity index is 811. The lowest BCUT2D eigenvalue weighted by molar-refractivity contribution is -0.127. The Morgan fingerprint density at radius 2 is 1.76 bits per heavy atom. The van der Waals surface area contributed by atoms with Crippen molar-refractivity contribution in [2.24, 2.45) is 5.92 Å². The minimum Gasteiger partial charge on any atom is -0.481 e. The molecule has 1 aliphatic rings. The molecule has 29 heavy (non-hydrogen) atoms. The molecule has 1 amide bonds. The lowest BCUT2D eigenvalue weighted by atomic mass is 9.99. The van der Waals surface area contributed by atoms with Gasteiger partial charge in [-0.15, -0.1) is 0 Å². The van der Waals surface area contributed by atoms with Gasteiger partial charge in [-0.25, -0.2) is 0 Å². The predicted molar refractivity (Wildman–Crippen MR) is 120 cm³/mol. The maximum absolute atomic E-state index is 12.6. The quantitative estimate of drug-likeness (QED) is 0.733. The van der Waals surface area contributed by atoms with Gasteiger partial charge in [-0.1, -0.05) is 25.1 Å². The Balaban J connectivity index is 1.57. The Morgan fingerprint density at radius 3 is 2.38 bits per heavy atom. The minimum absolute atomic E-state index is 0.0675. The Hall–Kier alpha value is -2.49. The number of nitrogens with zero attached hydrogens (tertiary/aromatic N) is 1. The Morgan fingerprint density at radius 1 is 1.10 bits per heavy atom. The van der Waals surface area contributed by atoms with Crippen LogP contribution in [-0.4, -0.2) is 25.1 Å². The van der Waals surface area contributed by atoms with Crippen LogP contribution in [0.2, 0.25) is 0 Å². The normalized spacial score (nSPS) is 18.8. The van der Waals surface area contributed by atoms with Crippen LogP contribution in [0.15, 0.2) is 42.5 Å². The van der Waals surface area contributed by atoms with Crippen LogP contribution in [0.1, 0.15) is 56.3 Å². The summed E-state index contributed by atoms with van der Waals surface area (Å²) in [4.78, 5) is 15.1. The largest absolute Gasteiger partial charge is 0.481 e. The molecule has 4 heteroatoms. The minimum atomic E-state index is -0.548. The van der Waals surface area contributed by atoms with Crippen molar-refractivity contribution in [1.29, 1.82) is 0 Å². The summed E-state index contributed by atoms with van der Waals surface area (Å²) in [6.07, 6.45) is 2.03.